The molecular weight excluding hydrogens is 444 g/mol. The van der Waals surface area contributed by atoms with E-state index in [1.54, 1.807) is 18.6 Å². The Hall–Kier alpha value is -4.01. The molecule has 4 aromatic rings. The number of H-pyrrole nitrogens is 1. The van der Waals surface area contributed by atoms with E-state index >= 15 is 0 Å². The van der Waals surface area contributed by atoms with Gasteiger partial charge in [-0.05, 0) is 29.0 Å². The summed E-state index contributed by atoms with van der Waals surface area (Å²) in [5.74, 6) is -0.231. The fourth-order valence-corrected chi connectivity index (χ4v) is 4.01. The van der Waals surface area contributed by atoms with Crippen molar-refractivity contribution in [3.8, 4) is 0 Å². The Morgan fingerprint density at radius 3 is 2.57 bits per heavy atom. The lowest BCUT2D eigenvalue weighted by Crippen LogP contribution is -2.34. The maximum absolute atomic E-state index is 13.3. The Morgan fingerprint density at radius 1 is 1.11 bits per heavy atom. The van der Waals surface area contributed by atoms with E-state index in [2.05, 4.69) is 20.3 Å². The molecule has 182 valence electrons. The summed E-state index contributed by atoms with van der Waals surface area (Å²) in [7, 11) is 0. The lowest BCUT2D eigenvalue weighted by Gasteiger charge is -2.16. The maximum Gasteiger partial charge on any atom is 0.330 e. The van der Waals surface area contributed by atoms with Crippen molar-refractivity contribution in [2.24, 2.45) is 5.92 Å². The number of carbonyl (C=O) groups excluding carboxylic acids is 1. The van der Waals surface area contributed by atoms with E-state index in [9.17, 15) is 14.4 Å². The third-order valence-corrected chi connectivity index (χ3v) is 5.72. The molecule has 1 aromatic carbocycles. The topological polar surface area (TPSA) is 115 Å². The number of benzene rings is 1. The third kappa shape index (κ3) is 5.40. The van der Waals surface area contributed by atoms with Gasteiger partial charge in [-0.3, -0.25) is 19.1 Å². The molecule has 9 nitrogen and oxygen atoms in total. The number of hydrogen-bond donors (Lipinski definition) is 2. The normalized spacial score (nSPS) is 11.5. The Kier molecular flexibility index (Phi) is 6.95. The lowest BCUT2D eigenvalue weighted by atomic mass is 10.0. The number of fused-ring (bicyclic) bond motifs is 1. The van der Waals surface area contributed by atoms with Crippen molar-refractivity contribution in [2.75, 3.05) is 0 Å². The fourth-order valence-electron chi connectivity index (χ4n) is 4.01. The predicted octanol–water partition coefficient (Wildman–Crippen LogP) is 3.04. The average Bonchev–Trinajstić information content (AvgIpc) is 3.32. The summed E-state index contributed by atoms with van der Waals surface area (Å²) < 4.78 is 3.42. The van der Waals surface area contributed by atoms with Gasteiger partial charge in [0.25, 0.3) is 11.5 Å². The molecule has 3 heterocycles. The van der Waals surface area contributed by atoms with Crippen LogP contribution in [0.15, 0.2) is 58.6 Å². The highest BCUT2D eigenvalue weighted by atomic mass is 16.2. The van der Waals surface area contributed by atoms with E-state index < -0.39 is 11.2 Å². The first-order valence-electron chi connectivity index (χ1n) is 11.7. The predicted molar refractivity (Wildman–Crippen MR) is 134 cm³/mol. The first kappa shape index (κ1) is 24.1. The second-order valence-electron chi connectivity index (χ2n) is 9.45. The molecule has 1 amide bonds. The van der Waals surface area contributed by atoms with Crippen LogP contribution in [-0.4, -0.2) is 30.0 Å². The summed E-state index contributed by atoms with van der Waals surface area (Å²) in [5, 5.41) is 3.06. The summed E-state index contributed by atoms with van der Waals surface area (Å²) >= 11 is 0. The summed E-state index contributed by atoms with van der Waals surface area (Å²) in [6, 6.07) is 9.58. The van der Waals surface area contributed by atoms with Gasteiger partial charge in [-0.2, -0.15) is 0 Å². The van der Waals surface area contributed by atoms with Crippen LogP contribution in [0.1, 0.15) is 60.8 Å². The third-order valence-electron chi connectivity index (χ3n) is 5.72. The number of amides is 1. The molecule has 2 N–H and O–H groups in total. The van der Waals surface area contributed by atoms with Crippen molar-refractivity contribution in [3.63, 3.8) is 0 Å². The molecular formula is C26H30N6O3. The zero-order chi connectivity index (χ0) is 25.1. The van der Waals surface area contributed by atoms with Gasteiger partial charge in [0.15, 0.2) is 5.65 Å². The molecule has 0 spiro atoms. The number of aromatic amines is 1. The van der Waals surface area contributed by atoms with Gasteiger partial charge >= 0.3 is 5.69 Å². The fraction of sp³-hybridized carbons (Fsp3) is 0.346. The molecule has 0 bridgehead atoms. The van der Waals surface area contributed by atoms with Crippen molar-refractivity contribution in [1.82, 2.24) is 29.4 Å². The van der Waals surface area contributed by atoms with Crippen LogP contribution in [0.2, 0.25) is 0 Å². The van der Waals surface area contributed by atoms with Crippen LogP contribution in [-0.2, 0) is 19.6 Å². The van der Waals surface area contributed by atoms with Crippen LogP contribution in [0, 0.1) is 5.92 Å². The average molecular weight is 475 g/mol. The highest BCUT2D eigenvalue weighted by Gasteiger charge is 2.21. The van der Waals surface area contributed by atoms with Crippen LogP contribution in [0.3, 0.4) is 0 Å². The van der Waals surface area contributed by atoms with E-state index in [0.717, 1.165) is 11.1 Å². The number of imidazole rings is 1. The van der Waals surface area contributed by atoms with Gasteiger partial charge in [-0.25, -0.2) is 14.8 Å². The molecule has 4 rings (SSSR count). The highest BCUT2D eigenvalue weighted by molar-refractivity contribution is 6.05. The van der Waals surface area contributed by atoms with Gasteiger partial charge in [0.05, 0.1) is 17.3 Å². The molecule has 0 saturated heterocycles. The maximum atomic E-state index is 13.3. The summed E-state index contributed by atoms with van der Waals surface area (Å²) in [6.07, 6.45) is 5.38. The number of pyridine rings is 1. The van der Waals surface area contributed by atoms with Crippen molar-refractivity contribution in [2.45, 2.75) is 53.2 Å². The van der Waals surface area contributed by atoms with E-state index in [-0.39, 0.29) is 34.3 Å². The number of aromatic nitrogens is 5. The molecule has 0 atom stereocenters. The first-order chi connectivity index (χ1) is 16.7. The van der Waals surface area contributed by atoms with Crippen LogP contribution < -0.4 is 16.6 Å². The summed E-state index contributed by atoms with van der Waals surface area (Å²) in [5.41, 5.74) is 1.99. The number of carbonyl (C=O) groups is 1. The molecule has 0 fully saturated rings. The quantitative estimate of drug-likeness (QED) is 0.407. The molecule has 0 aliphatic rings. The molecule has 3 aromatic heterocycles. The first-order valence-corrected chi connectivity index (χ1v) is 11.7. The molecule has 0 unspecified atom stereocenters. The molecule has 9 heteroatoms. The minimum absolute atomic E-state index is 0.00713. The van der Waals surface area contributed by atoms with E-state index in [1.807, 2.05) is 62.7 Å². The van der Waals surface area contributed by atoms with Crippen LogP contribution >= 0.6 is 0 Å². The Labute approximate surface area is 202 Å². The minimum atomic E-state index is -0.611. The molecule has 0 aliphatic heterocycles. The number of nitrogens with zero attached hydrogens (tertiary/aromatic N) is 4. The van der Waals surface area contributed by atoms with Gasteiger partial charge in [-0.1, -0.05) is 52.0 Å². The Morgan fingerprint density at radius 2 is 1.89 bits per heavy atom. The van der Waals surface area contributed by atoms with Crippen LogP contribution in [0.25, 0.3) is 11.0 Å². The van der Waals surface area contributed by atoms with Crippen molar-refractivity contribution in [3.05, 3.63) is 92.3 Å². The van der Waals surface area contributed by atoms with Crippen molar-refractivity contribution < 1.29 is 4.79 Å². The number of nitrogens with one attached hydrogen (secondary N) is 2. The summed E-state index contributed by atoms with van der Waals surface area (Å²) in [4.78, 5) is 49.7. The van der Waals surface area contributed by atoms with Gasteiger partial charge in [0, 0.05) is 37.7 Å². The van der Waals surface area contributed by atoms with Gasteiger partial charge in [0.2, 0.25) is 0 Å². The Bertz CT molecular complexity index is 1460. The molecule has 0 aliphatic carbocycles. The Balaban J connectivity index is 1.68. The largest absolute Gasteiger partial charge is 0.348 e. The zero-order valence-corrected chi connectivity index (χ0v) is 20.4. The monoisotopic (exact) mass is 474 g/mol. The van der Waals surface area contributed by atoms with E-state index in [0.29, 0.717) is 25.3 Å². The second-order valence-corrected chi connectivity index (χ2v) is 9.45. The number of rotatable bonds is 8. The molecule has 35 heavy (non-hydrogen) atoms. The van der Waals surface area contributed by atoms with Gasteiger partial charge in [-0.15, -0.1) is 0 Å². The molecule has 0 radical (unpaired) electrons. The SMILES string of the molecule is CC(C)Cn1c(=O)[nH]c(=O)c2c(C(=O)NCc3cccc(Cn4ccnc4)c3)cc(C(C)C)nc21. The highest BCUT2D eigenvalue weighted by Crippen LogP contribution is 2.20. The van der Waals surface area contributed by atoms with Crippen LogP contribution in [0.5, 0.6) is 0 Å². The van der Waals surface area contributed by atoms with Gasteiger partial charge < -0.3 is 9.88 Å². The zero-order valence-electron chi connectivity index (χ0n) is 20.4. The standard InChI is InChI=1S/C26H30N6O3/c1-16(2)13-32-23-22(25(34)30-26(32)35)20(11-21(29-23)17(3)4)24(33)28-12-18-6-5-7-19(10-18)14-31-9-8-27-15-31/h5-11,15-17H,12-14H2,1-4H3,(H,28,33)(H,30,34,35). The van der Waals surface area contributed by atoms with Crippen LogP contribution in [0.4, 0.5) is 0 Å². The molecule has 0 saturated carbocycles. The second kappa shape index (κ2) is 10.1. The summed E-state index contributed by atoms with van der Waals surface area (Å²) in [6.45, 7) is 9.22. The number of hydrogen-bond acceptors (Lipinski definition) is 5. The van der Waals surface area contributed by atoms with E-state index in [4.69, 9.17) is 0 Å². The van der Waals surface area contributed by atoms with E-state index in [1.165, 1.54) is 4.57 Å². The van der Waals surface area contributed by atoms with Crippen molar-refractivity contribution in [1.29, 1.82) is 0 Å². The van der Waals surface area contributed by atoms with Crippen molar-refractivity contribution >= 4 is 16.9 Å². The minimum Gasteiger partial charge on any atom is -0.348 e. The lowest BCUT2D eigenvalue weighted by molar-refractivity contribution is 0.0952. The smallest absolute Gasteiger partial charge is 0.330 e. The van der Waals surface area contributed by atoms with Gasteiger partial charge in [0.1, 0.15) is 0 Å².